The highest BCUT2D eigenvalue weighted by Gasteiger charge is 2.51. The van der Waals surface area contributed by atoms with Gasteiger partial charge in [-0.3, -0.25) is 4.79 Å². The fourth-order valence-electron chi connectivity index (χ4n) is 6.52. The van der Waals surface area contributed by atoms with Gasteiger partial charge in [0.1, 0.15) is 11.5 Å². The Morgan fingerprint density at radius 3 is 1.97 bits per heavy atom. The summed E-state index contributed by atoms with van der Waals surface area (Å²) in [4.78, 5) is 12.2. The second-order valence-electron chi connectivity index (χ2n) is 9.52. The normalized spacial score (nSPS) is 28.9. The van der Waals surface area contributed by atoms with E-state index in [2.05, 4.69) is 17.4 Å². The number of hydrogen-bond donors (Lipinski definition) is 1. The van der Waals surface area contributed by atoms with Crippen molar-refractivity contribution in [3.63, 3.8) is 0 Å². The maximum atomic E-state index is 12.2. The first-order valence-corrected chi connectivity index (χ1v) is 11.4. The molecule has 4 bridgehead atoms. The van der Waals surface area contributed by atoms with E-state index in [0.29, 0.717) is 12.0 Å². The SMILES string of the molecule is CCOc1ccc(NC(=O)COc2ccc(C34CC5CC(CC(C5)C3)C4)cc2)cc1. The molecule has 0 heterocycles. The van der Waals surface area contributed by atoms with Gasteiger partial charge in [-0.15, -0.1) is 0 Å². The average molecular weight is 406 g/mol. The third-order valence-corrected chi connectivity index (χ3v) is 7.32. The number of carbonyl (C=O) groups excluding carboxylic acids is 1. The molecule has 0 unspecified atom stereocenters. The molecule has 2 aromatic carbocycles. The van der Waals surface area contributed by atoms with Crippen molar-refractivity contribution in [2.45, 2.75) is 50.9 Å². The van der Waals surface area contributed by atoms with E-state index < -0.39 is 0 Å². The third-order valence-electron chi connectivity index (χ3n) is 7.32. The van der Waals surface area contributed by atoms with Gasteiger partial charge in [-0.25, -0.2) is 0 Å². The van der Waals surface area contributed by atoms with Crippen LogP contribution >= 0.6 is 0 Å². The molecule has 0 radical (unpaired) electrons. The number of amides is 1. The van der Waals surface area contributed by atoms with Gasteiger partial charge >= 0.3 is 0 Å². The Morgan fingerprint density at radius 1 is 0.867 bits per heavy atom. The van der Waals surface area contributed by atoms with Crippen LogP contribution in [0.5, 0.6) is 11.5 Å². The van der Waals surface area contributed by atoms with Gasteiger partial charge in [0.25, 0.3) is 5.91 Å². The van der Waals surface area contributed by atoms with Crippen LogP contribution in [-0.4, -0.2) is 19.1 Å². The van der Waals surface area contributed by atoms with Crippen LogP contribution in [0, 0.1) is 17.8 Å². The summed E-state index contributed by atoms with van der Waals surface area (Å²) in [6.45, 7) is 2.58. The molecule has 0 atom stereocenters. The summed E-state index contributed by atoms with van der Waals surface area (Å²) in [6, 6.07) is 15.9. The Morgan fingerprint density at radius 2 is 1.40 bits per heavy atom. The van der Waals surface area contributed by atoms with Crippen molar-refractivity contribution in [3.05, 3.63) is 54.1 Å². The topological polar surface area (TPSA) is 47.6 Å². The zero-order valence-corrected chi connectivity index (χ0v) is 17.7. The standard InChI is InChI=1S/C26H31NO3/c1-2-29-23-9-5-22(6-10-23)27-25(28)17-30-24-7-3-21(4-8-24)26-14-18-11-19(15-26)13-20(12-18)16-26/h3-10,18-20H,2,11-17H2,1H3,(H,27,28). The van der Waals surface area contributed by atoms with E-state index in [-0.39, 0.29) is 12.5 Å². The number of anilines is 1. The van der Waals surface area contributed by atoms with Crippen LogP contribution in [0.2, 0.25) is 0 Å². The average Bonchev–Trinajstić information content (AvgIpc) is 2.73. The van der Waals surface area contributed by atoms with E-state index in [1.807, 2.05) is 43.3 Å². The number of rotatable bonds is 7. The highest BCUT2D eigenvalue weighted by molar-refractivity contribution is 5.91. The molecular weight excluding hydrogens is 374 g/mol. The summed E-state index contributed by atoms with van der Waals surface area (Å²) in [5, 5.41) is 2.86. The van der Waals surface area contributed by atoms with Gasteiger partial charge in [0.15, 0.2) is 6.61 Å². The molecule has 1 amide bonds. The van der Waals surface area contributed by atoms with Gasteiger partial charge in [-0.2, -0.15) is 0 Å². The summed E-state index contributed by atoms with van der Waals surface area (Å²) in [6.07, 6.45) is 8.48. The number of ether oxygens (including phenoxy) is 2. The minimum absolute atomic E-state index is 0.00389. The maximum Gasteiger partial charge on any atom is 0.262 e. The lowest BCUT2D eigenvalue weighted by Gasteiger charge is -2.57. The minimum atomic E-state index is -0.163. The first kappa shape index (κ1) is 19.5. The van der Waals surface area contributed by atoms with Crippen LogP contribution < -0.4 is 14.8 Å². The van der Waals surface area contributed by atoms with E-state index in [1.165, 1.54) is 44.1 Å². The summed E-state index contributed by atoms with van der Waals surface area (Å²) in [5.41, 5.74) is 2.62. The smallest absolute Gasteiger partial charge is 0.262 e. The summed E-state index contributed by atoms with van der Waals surface area (Å²) >= 11 is 0. The molecule has 30 heavy (non-hydrogen) atoms. The Hall–Kier alpha value is -2.49. The highest BCUT2D eigenvalue weighted by atomic mass is 16.5. The predicted molar refractivity (Wildman–Crippen MR) is 118 cm³/mol. The van der Waals surface area contributed by atoms with Crippen LogP contribution in [0.1, 0.15) is 51.0 Å². The molecule has 0 spiro atoms. The highest BCUT2D eigenvalue weighted by Crippen LogP contribution is 2.60. The molecular formula is C26H31NO3. The summed E-state index contributed by atoms with van der Waals surface area (Å²) in [5.74, 6) is 4.22. The minimum Gasteiger partial charge on any atom is -0.494 e. The van der Waals surface area contributed by atoms with Gasteiger partial charge in [0, 0.05) is 5.69 Å². The fraction of sp³-hybridized carbons (Fsp3) is 0.500. The molecule has 4 aliphatic carbocycles. The van der Waals surface area contributed by atoms with Crippen molar-refractivity contribution in [1.29, 1.82) is 0 Å². The predicted octanol–water partition coefficient (Wildman–Crippen LogP) is 5.57. The number of nitrogens with one attached hydrogen (secondary N) is 1. The van der Waals surface area contributed by atoms with Crippen molar-refractivity contribution in [2.75, 3.05) is 18.5 Å². The Kier molecular flexibility index (Phi) is 5.18. The van der Waals surface area contributed by atoms with E-state index in [9.17, 15) is 4.79 Å². The molecule has 4 fully saturated rings. The first-order chi connectivity index (χ1) is 14.6. The molecule has 4 saturated carbocycles. The molecule has 0 aromatic heterocycles. The molecule has 0 saturated heterocycles. The molecule has 6 rings (SSSR count). The van der Waals surface area contributed by atoms with Crippen LogP contribution in [0.25, 0.3) is 0 Å². The van der Waals surface area contributed by atoms with Crippen LogP contribution in [-0.2, 0) is 10.2 Å². The lowest BCUT2D eigenvalue weighted by atomic mass is 9.48. The Bertz CT molecular complexity index is 852. The fourth-order valence-corrected chi connectivity index (χ4v) is 6.52. The Balaban J connectivity index is 1.16. The quantitative estimate of drug-likeness (QED) is 0.655. The molecule has 2 aromatic rings. The lowest BCUT2D eigenvalue weighted by molar-refractivity contribution is -0.118. The van der Waals surface area contributed by atoms with Crippen molar-refractivity contribution < 1.29 is 14.3 Å². The van der Waals surface area contributed by atoms with E-state index in [1.54, 1.807) is 0 Å². The van der Waals surface area contributed by atoms with Gasteiger partial charge in [0.2, 0.25) is 0 Å². The lowest BCUT2D eigenvalue weighted by Crippen LogP contribution is -2.48. The largest absolute Gasteiger partial charge is 0.494 e. The molecule has 1 N–H and O–H groups in total. The third kappa shape index (κ3) is 3.92. The monoisotopic (exact) mass is 405 g/mol. The zero-order valence-electron chi connectivity index (χ0n) is 17.7. The number of carbonyl (C=O) groups is 1. The Labute approximate surface area is 179 Å². The van der Waals surface area contributed by atoms with Crippen molar-refractivity contribution in [3.8, 4) is 11.5 Å². The van der Waals surface area contributed by atoms with Gasteiger partial charge < -0.3 is 14.8 Å². The molecule has 4 aliphatic rings. The number of benzene rings is 2. The second-order valence-corrected chi connectivity index (χ2v) is 9.52. The second kappa shape index (κ2) is 7.98. The van der Waals surface area contributed by atoms with E-state index >= 15 is 0 Å². The van der Waals surface area contributed by atoms with Crippen LogP contribution in [0.4, 0.5) is 5.69 Å². The van der Waals surface area contributed by atoms with E-state index in [4.69, 9.17) is 9.47 Å². The van der Waals surface area contributed by atoms with Crippen molar-refractivity contribution in [1.82, 2.24) is 0 Å². The van der Waals surface area contributed by atoms with E-state index in [0.717, 1.165) is 34.9 Å². The van der Waals surface area contributed by atoms with Gasteiger partial charge in [-0.1, -0.05) is 12.1 Å². The molecule has 4 heteroatoms. The van der Waals surface area contributed by atoms with Crippen molar-refractivity contribution >= 4 is 11.6 Å². The van der Waals surface area contributed by atoms with Gasteiger partial charge in [-0.05, 0) is 111 Å². The summed E-state index contributed by atoms with van der Waals surface area (Å²) in [7, 11) is 0. The van der Waals surface area contributed by atoms with Crippen LogP contribution in [0.3, 0.4) is 0 Å². The zero-order chi connectivity index (χ0) is 20.6. The summed E-state index contributed by atoms with van der Waals surface area (Å²) < 4.78 is 11.2. The molecule has 4 nitrogen and oxygen atoms in total. The number of hydrogen-bond acceptors (Lipinski definition) is 3. The first-order valence-electron chi connectivity index (χ1n) is 11.4. The van der Waals surface area contributed by atoms with Crippen LogP contribution in [0.15, 0.2) is 48.5 Å². The molecule has 0 aliphatic heterocycles. The van der Waals surface area contributed by atoms with Gasteiger partial charge in [0.05, 0.1) is 6.61 Å². The molecule has 158 valence electrons. The maximum absolute atomic E-state index is 12.2. The van der Waals surface area contributed by atoms with Crippen molar-refractivity contribution in [2.24, 2.45) is 17.8 Å².